The van der Waals surface area contributed by atoms with Crippen LogP contribution in [0.5, 0.6) is 0 Å². The molecule has 3 amide bonds. The van der Waals surface area contributed by atoms with Gasteiger partial charge in [-0.2, -0.15) is 0 Å². The number of imide groups is 1. The Bertz CT molecular complexity index is 1120. The van der Waals surface area contributed by atoms with E-state index in [-0.39, 0.29) is 18.0 Å². The highest BCUT2D eigenvalue weighted by atomic mass is 16.3. The first-order valence-corrected chi connectivity index (χ1v) is 14.1. The van der Waals surface area contributed by atoms with Gasteiger partial charge in [0.25, 0.3) is 5.91 Å². The third kappa shape index (κ3) is 4.67. The zero-order valence-electron chi connectivity index (χ0n) is 21.8. The Morgan fingerprint density at radius 3 is 1.92 bits per heavy atom. The number of likely N-dealkylation sites (tertiary alicyclic amines) is 1. The number of nitrogens with one attached hydrogen (secondary N) is 2. The van der Waals surface area contributed by atoms with Crippen LogP contribution in [0.1, 0.15) is 62.5 Å². The van der Waals surface area contributed by atoms with Crippen molar-refractivity contribution in [1.82, 2.24) is 15.5 Å². The molecule has 38 heavy (non-hydrogen) atoms. The third-order valence-corrected chi connectivity index (χ3v) is 9.40. The summed E-state index contributed by atoms with van der Waals surface area (Å²) >= 11 is 0. The minimum atomic E-state index is -2.02. The van der Waals surface area contributed by atoms with Crippen LogP contribution in [0.2, 0.25) is 0 Å². The smallest absolute Gasteiger partial charge is 0.267 e. The summed E-state index contributed by atoms with van der Waals surface area (Å²) in [6.07, 6.45) is 8.54. The van der Waals surface area contributed by atoms with Crippen molar-refractivity contribution in [2.75, 3.05) is 13.1 Å². The second kappa shape index (κ2) is 9.93. The summed E-state index contributed by atoms with van der Waals surface area (Å²) in [5, 5.41) is 17.6. The number of aliphatic hydroxyl groups is 1. The van der Waals surface area contributed by atoms with Crippen LogP contribution in [-0.4, -0.2) is 52.4 Å². The molecule has 1 saturated heterocycles. The highest BCUT2D eigenvalue weighted by Crippen LogP contribution is 2.55. The maximum Gasteiger partial charge on any atom is 0.267 e. The molecule has 0 aromatic heterocycles. The number of carbonyl (C=O) groups is 3. The molecule has 7 rings (SSSR count). The summed E-state index contributed by atoms with van der Waals surface area (Å²) in [5.74, 6) is 0.941. The van der Waals surface area contributed by atoms with Gasteiger partial charge in [-0.25, -0.2) is 0 Å². The van der Waals surface area contributed by atoms with Gasteiger partial charge in [-0.1, -0.05) is 60.7 Å². The highest BCUT2D eigenvalue weighted by molar-refractivity contribution is 6.03. The van der Waals surface area contributed by atoms with Gasteiger partial charge in [0, 0.05) is 5.54 Å². The molecule has 4 saturated carbocycles. The fourth-order valence-corrected chi connectivity index (χ4v) is 8.17. The summed E-state index contributed by atoms with van der Waals surface area (Å²) < 4.78 is 0. The number of hydrogen-bond donors (Lipinski definition) is 3. The molecule has 5 fully saturated rings. The summed E-state index contributed by atoms with van der Waals surface area (Å²) in [4.78, 5) is 41.9. The lowest BCUT2D eigenvalue weighted by atomic mass is 9.53. The zero-order valence-corrected chi connectivity index (χ0v) is 21.8. The molecular formula is C31H37N3O4. The molecule has 1 heterocycles. The van der Waals surface area contributed by atoms with Crippen LogP contribution in [0, 0.1) is 17.8 Å². The maximum atomic E-state index is 13.5. The van der Waals surface area contributed by atoms with Gasteiger partial charge in [0.1, 0.15) is 0 Å². The summed E-state index contributed by atoms with van der Waals surface area (Å²) in [6.45, 7) is 0.776. The van der Waals surface area contributed by atoms with E-state index in [9.17, 15) is 19.5 Å². The van der Waals surface area contributed by atoms with Crippen molar-refractivity contribution in [1.29, 1.82) is 0 Å². The fourth-order valence-electron chi connectivity index (χ4n) is 8.17. The molecule has 7 nitrogen and oxygen atoms in total. The number of hydrogen-bond acceptors (Lipinski definition) is 5. The van der Waals surface area contributed by atoms with Crippen LogP contribution in [0.4, 0.5) is 0 Å². The second-order valence-corrected chi connectivity index (χ2v) is 12.1. The Morgan fingerprint density at radius 2 is 1.39 bits per heavy atom. The number of carbonyl (C=O) groups excluding carboxylic acids is 3. The molecule has 2 aromatic rings. The summed E-state index contributed by atoms with van der Waals surface area (Å²) in [7, 11) is 0. The van der Waals surface area contributed by atoms with Crippen LogP contribution in [-0.2, 0) is 20.0 Å². The Kier molecular flexibility index (Phi) is 6.60. The SMILES string of the molecule is O=C(CN1CCC[C@H]1C(=O)NC(=O)C(O)(c1ccccc1)c1ccccc1)NC12CC3CC(CC(C3)C1)C2. The van der Waals surface area contributed by atoms with Gasteiger partial charge in [-0.3, -0.25) is 24.6 Å². The van der Waals surface area contributed by atoms with E-state index in [2.05, 4.69) is 10.6 Å². The van der Waals surface area contributed by atoms with Gasteiger partial charge >= 0.3 is 0 Å². The molecule has 1 aliphatic heterocycles. The summed E-state index contributed by atoms with van der Waals surface area (Å²) in [5.41, 5.74) is -1.32. The van der Waals surface area contributed by atoms with Crippen molar-refractivity contribution in [3.8, 4) is 0 Å². The number of amides is 3. The minimum absolute atomic E-state index is 0.0250. The highest BCUT2D eigenvalue weighted by Gasteiger charge is 2.51. The molecule has 0 radical (unpaired) electrons. The quantitative estimate of drug-likeness (QED) is 0.526. The van der Waals surface area contributed by atoms with Crippen molar-refractivity contribution in [3.05, 3.63) is 71.8 Å². The molecular weight excluding hydrogens is 478 g/mol. The third-order valence-electron chi connectivity index (χ3n) is 9.40. The van der Waals surface area contributed by atoms with Gasteiger partial charge in [0.15, 0.2) is 5.60 Å². The molecule has 4 aliphatic carbocycles. The van der Waals surface area contributed by atoms with Crippen LogP contribution in [0.3, 0.4) is 0 Å². The van der Waals surface area contributed by atoms with Crippen LogP contribution < -0.4 is 10.6 Å². The van der Waals surface area contributed by atoms with Crippen molar-refractivity contribution in [2.45, 2.75) is 68.5 Å². The van der Waals surface area contributed by atoms with Crippen LogP contribution in [0.15, 0.2) is 60.7 Å². The van der Waals surface area contributed by atoms with E-state index in [1.54, 1.807) is 48.5 Å². The molecule has 7 heteroatoms. The van der Waals surface area contributed by atoms with Crippen LogP contribution >= 0.6 is 0 Å². The van der Waals surface area contributed by atoms with E-state index < -0.39 is 23.5 Å². The summed E-state index contributed by atoms with van der Waals surface area (Å²) in [6, 6.07) is 16.7. The first kappa shape index (κ1) is 25.3. The molecule has 5 aliphatic rings. The normalized spacial score (nSPS) is 30.2. The Hall–Kier alpha value is -3.03. The van der Waals surface area contributed by atoms with Gasteiger partial charge in [0.05, 0.1) is 12.6 Å². The first-order valence-electron chi connectivity index (χ1n) is 14.1. The largest absolute Gasteiger partial charge is 0.372 e. The van der Waals surface area contributed by atoms with Gasteiger partial charge < -0.3 is 10.4 Å². The van der Waals surface area contributed by atoms with Crippen molar-refractivity contribution in [2.24, 2.45) is 17.8 Å². The molecule has 4 bridgehead atoms. The van der Waals surface area contributed by atoms with E-state index in [0.717, 1.165) is 43.4 Å². The monoisotopic (exact) mass is 515 g/mol. The number of benzene rings is 2. The lowest BCUT2D eigenvalue weighted by molar-refractivity contribution is -0.143. The van der Waals surface area contributed by atoms with E-state index >= 15 is 0 Å². The van der Waals surface area contributed by atoms with Crippen molar-refractivity contribution >= 4 is 17.7 Å². The average Bonchev–Trinajstić information content (AvgIpc) is 3.36. The number of nitrogens with zero attached hydrogens (tertiary/aromatic N) is 1. The standard InChI is InChI=1S/C31H37N3O4/c35-27(33-30-17-21-14-22(18-30)16-23(15-21)19-30)20-34-13-7-12-26(34)28(36)32-29(37)31(38,24-8-3-1-4-9-24)25-10-5-2-6-11-25/h1-6,8-11,21-23,26,38H,7,12-20H2,(H,33,35)(H,32,36,37)/t21?,22?,23?,26-,30?/m0/s1. The van der Waals surface area contributed by atoms with Gasteiger partial charge in [-0.15, -0.1) is 0 Å². The van der Waals surface area contributed by atoms with Gasteiger partial charge in [-0.05, 0) is 86.8 Å². The van der Waals surface area contributed by atoms with Crippen molar-refractivity contribution < 1.29 is 19.5 Å². The Morgan fingerprint density at radius 1 is 0.868 bits per heavy atom. The Balaban J connectivity index is 1.13. The lowest BCUT2D eigenvalue weighted by Gasteiger charge is -2.57. The predicted molar refractivity (Wildman–Crippen MR) is 143 cm³/mol. The maximum absolute atomic E-state index is 13.5. The zero-order chi connectivity index (χ0) is 26.3. The number of rotatable bonds is 7. The fraction of sp³-hybridized carbons (Fsp3) is 0.516. The van der Waals surface area contributed by atoms with E-state index in [0.29, 0.717) is 24.1 Å². The van der Waals surface area contributed by atoms with E-state index in [1.807, 2.05) is 17.0 Å². The lowest BCUT2D eigenvalue weighted by Crippen LogP contribution is -2.61. The van der Waals surface area contributed by atoms with Crippen LogP contribution in [0.25, 0.3) is 0 Å². The first-order chi connectivity index (χ1) is 18.3. The Labute approximate surface area is 224 Å². The molecule has 2 aromatic carbocycles. The second-order valence-electron chi connectivity index (χ2n) is 12.1. The van der Waals surface area contributed by atoms with E-state index in [1.165, 1.54) is 19.3 Å². The van der Waals surface area contributed by atoms with E-state index in [4.69, 9.17) is 0 Å². The molecule has 200 valence electrons. The molecule has 0 spiro atoms. The molecule has 0 unspecified atom stereocenters. The van der Waals surface area contributed by atoms with Gasteiger partial charge in [0.2, 0.25) is 11.8 Å². The minimum Gasteiger partial charge on any atom is -0.372 e. The molecule has 3 N–H and O–H groups in total. The predicted octanol–water partition coefficient (Wildman–Crippen LogP) is 3.11. The van der Waals surface area contributed by atoms with Crippen molar-refractivity contribution in [3.63, 3.8) is 0 Å². The molecule has 1 atom stereocenters. The average molecular weight is 516 g/mol. The topological polar surface area (TPSA) is 98.7 Å².